The van der Waals surface area contributed by atoms with Gasteiger partial charge < -0.3 is 10.4 Å². The van der Waals surface area contributed by atoms with Crippen molar-refractivity contribution in [3.63, 3.8) is 0 Å². The van der Waals surface area contributed by atoms with Crippen LogP contribution >= 0.6 is 23.7 Å². The molecule has 4 aromatic rings. The predicted octanol–water partition coefficient (Wildman–Crippen LogP) is 5.54. The smallest absolute Gasteiger partial charge is 0.142 e. The molecule has 0 aliphatic heterocycles. The van der Waals surface area contributed by atoms with Gasteiger partial charge in [-0.3, -0.25) is 0 Å². The number of rotatable bonds is 3. The van der Waals surface area contributed by atoms with Crippen LogP contribution in [0.25, 0.3) is 20.7 Å². The molecule has 2 N–H and O–H groups in total. The number of benzene rings is 2. The van der Waals surface area contributed by atoms with Gasteiger partial charge in [0.1, 0.15) is 22.2 Å². The lowest BCUT2D eigenvalue weighted by Crippen LogP contribution is -1.97. The molecule has 0 saturated carbocycles. The van der Waals surface area contributed by atoms with E-state index in [1.165, 1.54) is 5.56 Å². The summed E-state index contributed by atoms with van der Waals surface area (Å²) < 4.78 is 0. The Morgan fingerprint density at radius 1 is 0.960 bits per heavy atom. The number of fused-ring (bicyclic) bond motifs is 1. The molecule has 2 aromatic heterocycles. The Bertz CT molecular complexity index is 1020. The number of phenols is 1. The Labute approximate surface area is 155 Å². The van der Waals surface area contributed by atoms with E-state index in [2.05, 4.69) is 33.5 Å². The Balaban J connectivity index is 0.00000182. The van der Waals surface area contributed by atoms with Gasteiger partial charge in [0.05, 0.1) is 5.39 Å². The summed E-state index contributed by atoms with van der Waals surface area (Å²) in [6.45, 7) is 1.88. The lowest BCUT2D eigenvalue weighted by molar-refractivity contribution is 0.475. The van der Waals surface area contributed by atoms with E-state index in [9.17, 15) is 5.11 Å². The molecular formula is C19H16ClN3OS. The number of phenolic OH excluding ortho intramolecular Hbond substituents is 1. The minimum Gasteiger partial charge on any atom is -0.508 e. The van der Waals surface area contributed by atoms with Crippen molar-refractivity contribution >= 4 is 45.5 Å². The number of thiophene rings is 1. The molecule has 4 rings (SSSR count). The van der Waals surface area contributed by atoms with Crippen LogP contribution in [0.1, 0.15) is 5.82 Å². The van der Waals surface area contributed by atoms with E-state index in [4.69, 9.17) is 0 Å². The molecule has 0 bridgehead atoms. The first-order valence-electron chi connectivity index (χ1n) is 7.59. The monoisotopic (exact) mass is 369 g/mol. The maximum Gasteiger partial charge on any atom is 0.142 e. The Hall–Kier alpha value is -2.63. The molecule has 2 heterocycles. The zero-order chi connectivity index (χ0) is 16.5. The van der Waals surface area contributed by atoms with E-state index < -0.39 is 0 Å². The number of nitrogens with one attached hydrogen (secondary N) is 1. The molecular weight excluding hydrogens is 354 g/mol. The van der Waals surface area contributed by atoms with Gasteiger partial charge in [0, 0.05) is 16.6 Å². The fraction of sp³-hybridized carbons (Fsp3) is 0.0526. The normalized spacial score (nSPS) is 10.4. The maximum absolute atomic E-state index is 9.64. The van der Waals surface area contributed by atoms with Gasteiger partial charge in [-0.05, 0) is 30.7 Å². The Morgan fingerprint density at radius 3 is 2.52 bits per heavy atom. The van der Waals surface area contributed by atoms with E-state index >= 15 is 0 Å². The van der Waals surface area contributed by atoms with Crippen LogP contribution in [-0.2, 0) is 0 Å². The van der Waals surface area contributed by atoms with E-state index in [0.29, 0.717) is 5.82 Å². The van der Waals surface area contributed by atoms with Crippen LogP contribution in [0.5, 0.6) is 5.75 Å². The van der Waals surface area contributed by atoms with Crippen molar-refractivity contribution in [1.82, 2.24) is 9.97 Å². The highest BCUT2D eigenvalue weighted by molar-refractivity contribution is 7.21. The first kappa shape index (κ1) is 17.2. The molecule has 6 heteroatoms. The van der Waals surface area contributed by atoms with Gasteiger partial charge in [-0.1, -0.05) is 36.4 Å². The van der Waals surface area contributed by atoms with Crippen molar-refractivity contribution in [1.29, 1.82) is 0 Å². The lowest BCUT2D eigenvalue weighted by Gasteiger charge is -2.07. The number of hydrogen-bond donors (Lipinski definition) is 2. The fourth-order valence-electron chi connectivity index (χ4n) is 2.59. The zero-order valence-electron chi connectivity index (χ0n) is 13.4. The van der Waals surface area contributed by atoms with Crippen LogP contribution < -0.4 is 5.32 Å². The quantitative estimate of drug-likeness (QED) is 0.498. The molecule has 0 aliphatic rings. The summed E-state index contributed by atoms with van der Waals surface area (Å²) in [5, 5.41) is 13.9. The second-order valence-electron chi connectivity index (χ2n) is 5.49. The summed E-state index contributed by atoms with van der Waals surface area (Å²) in [7, 11) is 0. The first-order valence-corrected chi connectivity index (χ1v) is 8.40. The molecule has 4 nitrogen and oxygen atoms in total. The average molecular weight is 370 g/mol. The third kappa shape index (κ3) is 3.57. The van der Waals surface area contributed by atoms with Crippen molar-refractivity contribution in [2.75, 3.05) is 5.32 Å². The van der Waals surface area contributed by atoms with E-state index in [1.807, 2.05) is 31.2 Å². The largest absolute Gasteiger partial charge is 0.508 e. The predicted molar refractivity (Wildman–Crippen MR) is 106 cm³/mol. The first-order chi connectivity index (χ1) is 11.7. The minimum atomic E-state index is 0. The molecule has 0 fully saturated rings. The fourth-order valence-corrected chi connectivity index (χ4v) is 3.67. The van der Waals surface area contributed by atoms with Crippen LogP contribution in [0.2, 0.25) is 0 Å². The van der Waals surface area contributed by atoms with Crippen LogP contribution in [-0.4, -0.2) is 15.1 Å². The molecule has 0 atom stereocenters. The third-order valence-corrected chi connectivity index (χ3v) is 4.75. The van der Waals surface area contributed by atoms with Gasteiger partial charge in [0.2, 0.25) is 0 Å². The molecule has 0 amide bonds. The average Bonchev–Trinajstić information content (AvgIpc) is 3.00. The highest BCUT2D eigenvalue weighted by Crippen LogP contribution is 2.36. The molecule has 0 unspecified atom stereocenters. The van der Waals surface area contributed by atoms with Crippen molar-refractivity contribution in [2.24, 2.45) is 0 Å². The maximum atomic E-state index is 9.64. The summed E-state index contributed by atoms with van der Waals surface area (Å²) in [5.74, 6) is 1.69. The topological polar surface area (TPSA) is 58.0 Å². The summed E-state index contributed by atoms with van der Waals surface area (Å²) in [6.07, 6.45) is 0. The zero-order valence-corrected chi connectivity index (χ0v) is 15.1. The van der Waals surface area contributed by atoms with Gasteiger partial charge in [-0.25, -0.2) is 9.97 Å². The third-order valence-electron chi connectivity index (χ3n) is 3.67. The van der Waals surface area contributed by atoms with Gasteiger partial charge in [0.15, 0.2) is 0 Å². The SMILES string of the molecule is Cc1nc(Nc2cccc(O)c2)c2cc(-c3ccccc3)sc2n1.Cl. The van der Waals surface area contributed by atoms with Crippen LogP contribution in [0.15, 0.2) is 60.7 Å². The van der Waals surface area contributed by atoms with Gasteiger partial charge in [0.25, 0.3) is 0 Å². The van der Waals surface area contributed by atoms with E-state index in [-0.39, 0.29) is 18.2 Å². The summed E-state index contributed by atoms with van der Waals surface area (Å²) in [6, 6.07) is 19.4. The molecule has 2 aromatic carbocycles. The lowest BCUT2D eigenvalue weighted by atomic mass is 10.2. The van der Waals surface area contributed by atoms with E-state index in [0.717, 1.165) is 26.6 Å². The number of aryl methyl sites for hydroxylation is 1. The van der Waals surface area contributed by atoms with Gasteiger partial charge >= 0.3 is 0 Å². The molecule has 0 aliphatic carbocycles. The standard InChI is InChI=1S/C19H15N3OS.ClH/c1-12-20-18(22-14-8-5-9-15(23)10-14)16-11-17(24-19(16)21-12)13-6-3-2-4-7-13;/h2-11,23H,1H3,(H,20,21,22);1H. The summed E-state index contributed by atoms with van der Waals surface area (Å²) >= 11 is 1.65. The number of halogens is 1. The van der Waals surface area contributed by atoms with Crippen LogP contribution in [0, 0.1) is 6.92 Å². The van der Waals surface area contributed by atoms with Crippen LogP contribution in [0.3, 0.4) is 0 Å². The molecule has 0 radical (unpaired) electrons. The molecule has 126 valence electrons. The number of hydrogen-bond acceptors (Lipinski definition) is 5. The molecule has 25 heavy (non-hydrogen) atoms. The molecule has 0 saturated heterocycles. The van der Waals surface area contributed by atoms with E-state index in [1.54, 1.807) is 29.5 Å². The number of nitrogens with zero attached hydrogens (tertiary/aromatic N) is 2. The highest BCUT2D eigenvalue weighted by atomic mass is 35.5. The number of aromatic hydroxyl groups is 1. The van der Waals surface area contributed by atoms with Crippen molar-refractivity contribution in [3.8, 4) is 16.2 Å². The highest BCUT2D eigenvalue weighted by Gasteiger charge is 2.12. The molecule has 0 spiro atoms. The number of aromatic nitrogens is 2. The van der Waals surface area contributed by atoms with Gasteiger partial charge in [-0.2, -0.15) is 0 Å². The summed E-state index contributed by atoms with van der Waals surface area (Å²) in [4.78, 5) is 11.2. The van der Waals surface area contributed by atoms with Crippen molar-refractivity contribution in [2.45, 2.75) is 6.92 Å². The van der Waals surface area contributed by atoms with Crippen molar-refractivity contribution < 1.29 is 5.11 Å². The Morgan fingerprint density at radius 2 is 1.76 bits per heavy atom. The second-order valence-corrected chi connectivity index (χ2v) is 6.52. The summed E-state index contributed by atoms with van der Waals surface area (Å²) in [5.41, 5.74) is 1.96. The number of anilines is 2. The van der Waals surface area contributed by atoms with Crippen molar-refractivity contribution in [3.05, 3.63) is 66.5 Å². The second kappa shape index (κ2) is 7.09. The Kier molecular flexibility index (Phi) is 4.88. The van der Waals surface area contributed by atoms with Gasteiger partial charge in [-0.15, -0.1) is 23.7 Å². The van der Waals surface area contributed by atoms with Crippen LogP contribution in [0.4, 0.5) is 11.5 Å². The minimum absolute atomic E-state index is 0.